The molecule has 58 valence electrons. The molecule has 1 aliphatic heterocycles. The van der Waals surface area contributed by atoms with Gasteiger partial charge in [-0.2, -0.15) is 0 Å². The van der Waals surface area contributed by atoms with Crippen molar-refractivity contribution in [2.45, 2.75) is 20.4 Å². The van der Waals surface area contributed by atoms with E-state index in [1.807, 2.05) is 6.92 Å². The molecule has 0 aromatic carbocycles. The van der Waals surface area contributed by atoms with Gasteiger partial charge in [0.1, 0.15) is 12.2 Å². The van der Waals surface area contributed by atoms with Crippen molar-refractivity contribution in [1.82, 2.24) is 4.98 Å². The minimum Gasteiger partial charge on any atom is -0.271 e. The van der Waals surface area contributed by atoms with Crippen molar-refractivity contribution in [3.63, 3.8) is 0 Å². The fourth-order valence-corrected chi connectivity index (χ4v) is 1.50. The van der Waals surface area contributed by atoms with Crippen LogP contribution in [0.4, 0.5) is 5.95 Å². The second kappa shape index (κ2) is 2.19. The van der Waals surface area contributed by atoms with Crippen molar-refractivity contribution in [1.29, 1.82) is 0 Å². The number of aromatic nitrogens is 2. The molecule has 2 heterocycles. The Morgan fingerprint density at radius 3 is 3.18 bits per heavy atom. The van der Waals surface area contributed by atoms with E-state index in [2.05, 4.69) is 27.9 Å². The molecule has 1 aliphatic rings. The van der Waals surface area contributed by atoms with E-state index < -0.39 is 0 Å². The van der Waals surface area contributed by atoms with E-state index >= 15 is 0 Å². The number of rotatable bonds is 0. The van der Waals surface area contributed by atoms with Crippen molar-refractivity contribution in [3.05, 3.63) is 17.5 Å². The van der Waals surface area contributed by atoms with Crippen LogP contribution < -0.4 is 9.88 Å². The summed E-state index contributed by atoms with van der Waals surface area (Å²) in [5.41, 5.74) is 2.38. The van der Waals surface area contributed by atoms with Gasteiger partial charge in [-0.05, 0) is 13.8 Å². The lowest BCUT2D eigenvalue weighted by Gasteiger charge is -1.98. The van der Waals surface area contributed by atoms with E-state index in [0.717, 1.165) is 24.7 Å². The maximum absolute atomic E-state index is 4.37. The van der Waals surface area contributed by atoms with E-state index in [1.165, 1.54) is 5.69 Å². The zero-order valence-corrected chi connectivity index (χ0v) is 6.89. The first-order valence-corrected chi connectivity index (χ1v) is 3.89. The molecule has 0 unspecified atom stereocenters. The average Bonchev–Trinajstić information content (AvgIpc) is 2.34. The molecule has 1 aromatic heterocycles. The second-order valence-corrected chi connectivity index (χ2v) is 2.94. The largest absolute Gasteiger partial charge is 0.392 e. The Labute approximate surface area is 66.1 Å². The fraction of sp³-hybridized carbons (Fsp3) is 0.500. The molecule has 1 aromatic rings. The predicted molar refractivity (Wildman–Crippen MR) is 42.4 cm³/mol. The van der Waals surface area contributed by atoms with Gasteiger partial charge < -0.3 is 0 Å². The summed E-state index contributed by atoms with van der Waals surface area (Å²) >= 11 is 0. The van der Waals surface area contributed by atoms with Gasteiger partial charge in [-0.1, -0.05) is 4.98 Å². The van der Waals surface area contributed by atoms with Gasteiger partial charge in [0.2, 0.25) is 0 Å². The minimum absolute atomic E-state index is 1.01. The van der Waals surface area contributed by atoms with Crippen molar-refractivity contribution in [2.75, 3.05) is 11.9 Å². The topological polar surface area (TPSA) is 28.8 Å². The molecule has 0 spiro atoms. The van der Waals surface area contributed by atoms with E-state index in [-0.39, 0.29) is 0 Å². The summed E-state index contributed by atoms with van der Waals surface area (Å²) in [6.07, 6.45) is 0. The molecule has 0 fully saturated rings. The van der Waals surface area contributed by atoms with E-state index in [4.69, 9.17) is 0 Å². The molecule has 0 atom stereocenters. The standard InChI is InChI=1S/C8H11N3/c1-6-5-7(2)11-4-3-9-8(11)10-6/h5H,3-4H2,1-2H3/p+1. The number of aryl methyl sites for hydroxylation is 2. The molecule has 3 heteroatoms. The minimum atomic E-state index is 1.01. The van der Waals surface area contributed by atoms with Crippen LogP contribution in [0, 0.1) is 13.8 Å². The van der Waals surface area contributed by atoms with Gasteiger partial charge in [0, 0.05) is 6.07 Å². The smallest absolute Gasteiger partial charge is 0.271 e. The number of anilines is 1. The van der Waals surface area contributed by atoms with Crippen LogP contribution in [-0.4, -0.2) is 11.5 Å². The number of hydrogen-bond donors (Lipinski definition) is 1. The number of nitrogens with one attached hydrogen (secondary N) is 1. The number of fused-ring (bicyclic) bond motifs is 1. The summed E-state index contributed by atoms with van der Waals surface area (Å²) in [4.78, 5) is 4.37. The van der Waals surface area contributed by atoms with Gasteiger partial charge in [0.15, 0.2) is 0 Å². The molecule has 3 nitrogen and oxygen atoms in total. The Hall–Kier alpha value is -1.12. The molecule has 2 rings (SSSR count). The fourth-order valence-electron chi connectivity index (χ4n) is 1.50. The van der Waals surface area contributed by atoms with Gasteiger partial charge in [0.05, 0.1) is 12.2 Å². The van der Waals surface area contributed by atoms with Crippen molar-refractivity contribution >= 4 is 5.95 Å². The highest BCUT2D eigenvalue weighted by Crippen LogP contribution is 2.05. The molecular weight excluding hydrogens is 138 g/mol. The predicted octanol–water partition coefficient (Wildman–Crippen LogP) is 0.411. The molecule has 0 radical (unpaired) electrons. The van der Waals surface area contributed by atoms with Gasteiger partial charge >= 0.3 is 5.95 Å². The van der Waals surface area contributed by atoms with Crippen LogP contribution in [0.1, 0.15) is 11.4 Å². The molecule has 0 bridgehead atoms. The van der Waals surface area contributed by atoms with Crippen LogP contribution >= 0.6 is 0 Å². The lowest BCUT2D eigenvalue weighted by Crippen LogP contribution is -2.35. The molecule has 11 heavy (non-hydrogen) atoms. The van der Waals surface area contributed by atoms with Crippen LogP contribution in [0.3, 0.4) is 0 Å². The Kier molecular flexibility index (Phi) is 1.31. The number of nitrogens with zero attached hydrogens (tertiary/aromatic N) is 2. The van der Waals surface area contributed by atoms with Crippen molar-refractivity contribution in [2.24, 2.45) is 0 Å². The lowest BCUT2D eigenvalue weighted by atomic mass is 10.3. The highest BCUT2D eigenvalue weighted by molar-refractivity contribution is 5.22. The third kappa shape index (κ3) is 0.964. The quantitative estimate of drug-likeness (QED) is 0.543. The van der Waals surface area contributed by atoms with Crippen LogP contribution in [0.2, 0.25) is 0 Å². The summed E-state index contributed by atoms with van der Waals surface area (Å²) in [5, 5.41) is 3.23. The Bertz CT molecular complexity index is 294. The number of hydrogen-bond acceptors (Lipinski definition) is 2. The van der Waals surface area contributed by atoms with Crippen molar-refractivity contribution < 1.29 is 4.57 Å². The Balaban J connectivity index is 2.60. The third-order valence-electron chi connectivity index (χ3n) is 2.00. The SMILES string of the molecule is Cc1cc(C)[n+]2c(n1)NCC2. The first kappa shape index (κ1) is 6.58. The molecule has 1 N–H and O–H groups in total. The van der Waals surface area contributed by atoms with Gasteiger partial charge in [-0.25, -0.2) is 4.57 Å². The summed E-state index contributed by atoms with van der Waals surface area (Å²) in [6.45, 7) is 6.20. The van der Waals surface area contributed by atoms with Crippen molar-refractivity contribution in [3.8, 4) is 0 Å². The van der Waals surface area contributed by atoms with Gasteiger partial charge in [0.25, 0.3) is 0 Å². The highest BCUT2D eigenvalue weighted by atomic mass is 15.2. The van der Waals surface area contributed by atoms with E-state index in [0.29, 0.717) is 0 Å². The summed E-state index contributed by atoms with van der Waals surface area (Å²) in [6, 6.07) is 2.11. The van der Waals surface area contributed by atoms with Crippen LogP contribution in [-0.2, 0) is 6.54 Å². The van der Waals surface area contributed by atoms with Gasteiger partial charge in [-0.15, -0.1) is 0 Å². The Morgan fingerprint density at radius 1 is 1.55 bits per heavy atom. The first-order chi connectivity index (χ1) is 5.27. The van der Waals surface area contributed by atoms with E-state index in [1.54, 1.807) is 0 Å². The Morgan fingerprint density at radius 2 is 2.36 bits per heavy atom. The van der Waals surface area contributed by atoms with E-state index in [9.17, 15) is 0 Å². The average molecular weight is 150 g/mol. The van der Waals surface area contributed by atoms with Crippen LogP contribution in [0.15, 0.2) is 6.07 Å². The molecular formula is C8H12N3+. The van der Waals surface area contributed by atoms with Crippen LogP contribution in [0.5, 0.6) is 0 Å². The lowest BCUT2D eigenvalue weighted by molar-refractivity contribution is -0.679. The normalized spacial score (nSPS) is 14.4. The molecule has 0 saturated heterocycles. The third-order valence-corrected chi connectivity index (χ3v) is 2.00. The monoisotopic (exact) mass is 150 g/mol. The zero-order valence-electron chi connectivity index (χ0n) is 6.89. The summed E-state index contributed by atoms with van der Waals surface area (Å²) in [7, 11) is 0. The zero-order chi connectivity index (χ0) is 7.84. The highest BCUT2D eigenvalue weighted by Gasteiger charge is 2.20. The van der Waals surface area contributed by atoms with Crippen LogP contribution in [0.25, 0.3) is 0 Å². The molecule has 0 amide bonds. The first-order valence-electron chi connectivity index (χ1n) is 3.89. The maximum atomic E-state index is 4.37. The summed E-state index contributed by atoms with van der Waals surface area (Å²) in [5.74, 6) is 1.02. The van der Waals surface area contributed by atoms with Gasteiger partial charge in [-0.3, -0.25) is 5.32 Å². The second-order valence-electron chi connectivity index (χ2n) is 2.94. The maximum Gasteiger partial charge on any atom is 0.392 e. The molecule has 0 aliphatic carbocycles. The summed E-state index contributed by atoms with van der Waals surface area (Å²) < 4.78 is 2.20. The molecule has 0 saturated carbocycles.